The molecule has 1 atom stereocenters. The maximum atomic E-state index is 5.42. The van der Waals surface area contributed by atoms with Gasteiger partial charge in [-0.05, 0) is 31.0 Å². The summed E-state index contributed by atoms with van der Waals surface area (Å²) in [5, 5.41) is 0. The van der Waals surface area contributed by atoms with Crippen LogP contribution in [0.1, 0.15) is 30.0 Å². The van der Waals surface area contributed by atoms with Gasteiger partial charge in [-0.2, -0.15) is 0 Å². The van der Waals surface area contributed by atoms with Crippen molar-refractivity contribution in [3.63, 3.8) is 0 Å². The van der Waals surface area contributed by atoms with E-state index in [0.29, 0.717) is 6.04 Å². The van der Waals surface area contributed by atoms with E-state index < -0.39 is 0 Å². The molecule has 0 amide bonds. The predicted molar refractivity (Wildman–Crippen MR) is 79.6 cm³/mol. The molecule has 0 radical (unpaired) electrons. The van der Waals surface area contributed by atoms with Gasteiger partial charge in [0.15, 0.2) is 0 Å². The molecule has 2 aromatic rings. The fourth-order valence-corrected chi connectivity index (χ4v) is 3.01. The third-order valence-electron chi connectivity index (χ3n) is 3.95. The van der Waals surface area contributed by atoms with Gasteiger partial charge >= 0.3 is 0 Å². The number of likely N-dealkylation sites (tertiary alicyclic amines) is 1. The van der Waals surface area contributed by atoms with Crippen molar-refractivity contribution in [3.8, 4) is 5.88 Å². The minimum atomic E-state index is 0.416. The molecular weight excluding hydrogens is 248 g/mol. The summed E-state index contributed by atoms with van der Waals surface area (Å²) >= 11 is 0. The molecule has 0 bridgehead atoms. The van der Waals surface area contributed by atoms with E-state index in [1.807, 2.05) is 6.07 Å². The monoisotopic (exact) mass is 268 g/mol. The zero-order valence-electron chi connectivity index (χ0n) is 11.8. The number of nitrogens with zero attached hydrogens (tertiary/aromatic N) is 2. The number of benzene rings is 1. The molecule has 1 aromatic heterocycles. The highest BCUT2D eigenvalue weighted by Gasteiger charge is 2.28. The number of hydrogen-bond donors (Lipinski definition) is 0. The van der Waals surface area contributed by atoms with E-state index in [2.05, 4.69) is 46.3 Å². The van der Waals surface area contributed by atoms with Crippen LogP contribution in [-0.4, -0.2) is 23.5 Å². The summed E-state index contributed by atoms with van der Waals surface area (Å²) in [6, 6.07) is 15.2. The number of rotatable bonds is 4. The maximum absolute atomic E-state index is 5.42. The van der Waals surface area contributed by atoms with Gasteiger partial charge in [0, 0.05) is 24.3 Å². The van der Waals surface area contributed by atoms with Gasteiger partial charge in [-0.25, -0.2) is 4.98 Å². The molecule has 0 unspecified atom stereocenters. The Balaban J connectivity index is 1.82. The second kappa shape index (κ2) is 6.06. The lowest BCUT2D eigenvalue weighted by Gasteiger charge is -2.25. The molecule has 3 rings (SSSR count). The predicted octanol–water partition coefficient (Wildman–Crippen LogP) is 3.43. The van der Waals surface area contributed by atoms with Gasteiger partial charge in [0.25, 0.3) is 0 Å². The molecule has 0 spiro atoms. The summed E-state index contributed by atoms with van der Waals surface area (Å²) in [7, 11) is 1.70. The lowest BCUT2D eigenvalue weighted by atomic mass is 10.1. The van der Waals surface area contributed by atoms with Crippen molar-refractivity contribution >= 4 is 0 Å². The summed E-state index contributed by atoms with van der Waals surface area (Å²) in [4.78, 5) is 6.86. The second-order valence-corrected chi connectivity index (χ2v) is 5.22. The Hall–Kier alpha value is -1.87. The number of aromatic nitrogens is 1. The van der Waals surface area contributed by atoms with Crippen LogP contribution in [-0.2, 0) is 6.54 Å². The van der Waals surface area contributed by atoms with Gasteiger partial charge < -0.3 is 4.74 Å². The molecule has 20 heavy (non-hydrogen) atoms. The molecule has 1 saturated heterocycles. The van der Waals surface area contributed by atoms with Gasteiger partial charge in [0.1, 0.15) is 0 Å². The molecule has 0 N–H and O–H groups in total. The Morgan fingerprint density at radius 1 is 1.20 bits per heavy atom. The van der Waals surface area contributed by atoms with E-state index in [9.17, 15) is 0 Å². The number of hydrogen-bond acceptors (Lipinski definition) is 3. The molecular formula is C17H20N2O. The fraction of sp³-hybridized carbons (Fsp3) is 0.353. The third kappa shape index (κ3) is 2.68. The molecule has 1 fully saturated rings. The molecule has 3 heteroatoms. The van der Waals surface area contributed by atoms with Crippen LogP contribution in [0.2, 0.25) is 0 Å². The lowest BCUT2D eigenvalue weighted by molar-refractivity contribution is 0.241. The first-order valence-electron chi connectivity index (χ1n) is 7.15. The topological polar surface area (TPSA) is 25.4 Å². The standard InChI is InChI=1S/C17H20N2O/c1-20-17-15(9-5-11-18-17)16-10-6-12-19(16)13-14-7-3-2-4-8-14/h2-5,7-9,11,16H,6,10,12-13H2,1H3/t16-/m1/s1. The largest absolute Gasteiger partial charge is 0.481 e. The van der Waals surface area contributed by atoms with Crippen molar-refractivity contribution in [2.45, 2.75) is 25.4 Å². The molecule has 3 nitrogen and oxygen atoms in total. The van der Waals surface area contributed by atoms with E-state index in [-0.39, 0.29) is 0 Å². The Bertz CT molecular complexity index is 556. The highest BCUT2D eigenvalue weighted by atomic mass is 16.5. The lowest BCUT2D eigenvalue weighted by Crippen LogP contribution is -2.23. The minimum Gasteiger partial charge on any atom is -0.481 e. The van der Waals surface area contributed by atoms with Gasteiger partial charge in [0.2, 0.25) is 5.88 Å². The van der Waals surface area contributed by atoms with Gasteiger partial charge in [-0.15, -0.1) is 0 Å². The molecule has 2 heterocycles. The van der Waals surface area contributed by atoms with Gasteiger partial charge in [-0.3, -0.25) is 4.90 Å². The normalized spacial score (nSPS) is 19.1. The molecule has 0 saturated carbocycles. The SMILES string of the molecule is COc1ncccc1[C@H]1CCCN1Cc1ccccc1. The van der Waals surface area contributed by atoms with Crippen molar-refractivity contribution in [1.29, 1.82) is 0 Å². The Morgan fingerprint density at radius 3 is 2.85 bits per heavy atom. The highest BCUT2D eigenvalue weighted by Crippen LogP contribution is 2.36. The van der Waals surface area contributed by atoms with E-state index in [1.54, 1.807) is 13.3 Å². The molecule has 0 aliphatic carbocycles. The van der Waals surface area contributed by atoms with E-state index in [4.69, 9.17) is 4.74 Å². The van der Waals surface area contributed by atoms with Crippen molar-refractivity contribution in [2.24, 2.45) is 0 Å². The van der Waals surface area contributed by atoms with Crippen LogP contribution >= 0.6 is 0 Å². The first-order chi connectivity index (χ1) is 9.88. The van der Waals surface area contributed by atoms with Crippen molar-refractivity contribution in [1.82, 2.24) is 9.88 Å². The second-order valence-electron chi connectivity index (χ2n) is 5.22. The van der Waals surface area contributed by atoms with Crippen LogP contribution in [0.3, 0.4) is 0 Å². The molecule has 1 aromatic carbocycles. The smallest absolute Gasteiger partial charge is 0.217 e. The Morgan fingerprint density at radius 2 is 2.05 bits per heavy atom. The quantitative estimate of drug-likeness (QED) is 0.849. The van der Waals surface area contributed by atoms with E-state index >= 15 is 0 Å². The van der Waals surface area contributed by atoms with Crippen LogP contribution in [0.25, 0.3) is 0 Å². The summed E-state index contributed by atoms with van der Waals surface area (Å²) < 4.78 is 5.42. The van der Waals surface area contributed by atoms with Crippen molar-refractivity contribution in [2.75, 3.05) is 13.7 Å². The average molecular weight is 268 g/mol. The molecule has 1 aliphatic heterocycles. The maximum Gasteiger partial charge on any atom is 0.217 e. The van der Waals surface area contributed by atoms with Crippen LogP contribution in [0, 0.1) is 0 Å². The summed E-state index contributed by atoms with van der Waals surface area (Å²) in [5.41, 5.74) is 2.57. The molecule has 1 aliphatic rings. The Kier molecular flexibility index (Phi) is 3.97. The first-order valence-corrected chi connectivity index (χ1v) is 7.15. The van der Waals surface area contributed by atoms with Gasteiger partial charge in [-0.1, -0.05) is 36.4 Å². The zero-order chi connectivity index (χ0) is 13.8. The average Bonchev–Trinajstić information content (AvgIpc) is 2.96. The number of methoxy groups -OCH3 is 1. The summed E-state index contributed by atoms with van der Waals surface area (Å²) in [5.74, 6) is 0.762. The Labute approximate surface area is 120 Å². The van der Waals surface area contributed by atoms with Crippen molar-refractivity contribution in [3.05, 3.63) is 59.8 Å². The van der Waals surface area contributed by atoms with Crippen LogP contribution in [0.15, 0.2) is 48.7 Å². The van der Waals surface area contributed by atoms with Crippen molar-refractivity contribution < 1.29 is 4.74 Å². The van der Waals surface area contributed by atoms with Crippen LogP contribution < -0.4 is 4.74 Å². The van der Waals surface area contributed by atoms with E-state index in [0.717, 1.165) is 19.0 Å². The first kappa shape index (κ1) is 13.1. The summed E-state index contributed by atoms with van der Waals surface area (Å²) in [6.45, 7) is 2.13. The molecule has 104 valence electrons. The van der Waals surface area contributed by atoms with Gasteiger partial charge in [0.05, 0.1) is 7.11 Å². The van der Waals surface area contributed by atoms with Crippen LogP contribution in [0.4, 0.5) is 0 Å². The zero-order valence-corrected chi connectivity index (χ0v) is 11.8. The third-order valence-corrected chi connectivity index (χ3v) is 3.95. The number of ether oxygens (including phenoxy) is 1. The minimum absolute atomic E-state index is 0.416. The highest BCUT2D eigenvalue weighted by molar-refractivity contribution is 5.30. The summed E-state index contributed by atoms with van der Waals surface area (Å²) in [6.07, 6.45) is 4.20. The fourth-order valence-electron chi connectivity index (χ4n) is 3.01. The van der Waals surface area contributed by atoms with Crippen LogP contribution in [0.5, 0.6) is 5.88 Å². The van der Waals surface area contributed by atoms with E-state index in [1.165, 1.54) is 24.0 Å². The number of pyridine rings is 1.